The van der Waals surface area contributed by atoms with Gasteiger partial charge in [-0.3, -0.25) is 0 Å². The lowest BCUT2D eigenvalue weighted by Gasteiger charge is -2.16. The minimum atomic E-state index is 0. The van der Waals surface area contributed by atoms with Gasteiger partial charge in [0.15, 0.2) is 0 Å². The van der Waals surface area contributed by atoms with Crippen LogP contribution in [0.5, 0.6) is 5.75 Å². The molecular formula is C23H28ClNOS2. The molecule has 1 heterocycles. The van der Waals surface area contributed by atoms with Gasteiger partial charge in [-0.15, -0.1) is 35.9 Å². The Morgan fingerprint density at radius 1 is 0.857 bits per heavy atom. The van der Waals surface area contributed by atoms with Gasteiger partial charge in [0, 0.05) is 5.39 Å². The number of ether oxygens (including phenoxy) is 1. The molecule has 0 aliphatic heterocycles. The van der Waals surface area contributed by atoms with E-state index in [0.717, 1.165) is 22.3 Å². The molecule has 0 saturated heterocycles. The normalized spacial score (nSPS) is 10.8. The van der Waals surface area contributed by atoms with Gasteiger partial charge in [0.05, 0.1) is 15.8 Å². The fraction of sp³-hybridized carbons (Fsp3) is 0.348. The molecule has 2 nitrogen and oxygen atoms in total. The maximum Gasteiger partial charge on any atom is 0.130 e. The Morgan fingerprint density at radius 2 is 1.54 bits per heavy atom. The van der Waals surface area contributed by atoms with E-state index < -0.39 is 0 Å². The van der Waals surface area contributed by atoms with Crippen LogP contribution < -0.4 is 4.74 Å². The number of pyridine rings is 1. The van der Waals surface area contributed by atoms with Gasteiger partial charge in [-0.25, -0.2) is 4.98 Å². The molecule has 0 atom stereocenters. The molecule has 0 saturated carbocycles. The molecule has 0 radical (unpaired) electrons. The fourth-order valence-electron chi connectivity index (χ4n) is 2.76. The molecule has 3 aromatic rings. The Kier molecular flexibility index (Phi) is 10.0. The first-order chi connectivity index (χ1) is 13.3. The van der Waals surface area contributed by atoms with E-state index in [1.54, 1.807) is 0 Å². The third kappa shape index (κ3) is 6.61. The predicted octanol–water partition coefficient (Wildman–Crippen LogP) is 7.52. The van der Waals surface area contributed by atoms with Crippen molar-refractivity contribution >= 4 is 46.8 Å². The second kappa shape index (κ2) is 12.3. The van der Waals surface area contributed by atoms with Gasteiger partial charge in [0.2, 0.25) is 0 Å². The first-order valence-electron chi connectivity index (χ1n) is 9.60. The van der Waals surface area contributed by atoms with Crippen LogP contribution in [-0.2, 0) is 6.61 Å². The first-order valence-corrected chi connectivity index (χ1v) is 11.7. The molecule has 0 amide bonds. The molecule has 5 heteroatoms. The standard InChI is InChI=1S/C23H27NOS2.ClH/c1-3-15-26-23(27-16-4-2)19-10-13-21(14-11-19)25-17-20-12-9-18-7-5-6-8-22(18)24-20;/h5-14,23H,3-4,15-17H2,1-2H3;1H. The average Bonchev–Trinajstić information content (AvgIpc) is 2.73. The number of halogens is 1. The van der Waals surface area contributed by atoms with Crippen LogP contribution in [0.1, 0.15) is 42.5 Å². The van der Waals surface area contributed by atoms with Crippen molar-refractivity contribution < 1.29 is 4.74 Å². The average molecular weight is 434 g/mol. The third-order valence-electron chi connectivity index (χ3n) is 4.14. The lowest BCUT2D eigenvalue weighted by atomic mass is 10.2. The first kappa shape index (κ1) is 22.9. The van der Waals surface area contributed by atoms with Crippen molar-refractivity contribution in [1.29, 1.82) is 0 Å². The lowest BCUT2D eigenvalue weighted by molar-refractivity contribution is 0.302. The van der Waals surface area contributed by atoms with Crippen molar-refractivity contribution in [2.24, 2.45) is 0 Å². The molecular weight excluding hydrogens is 406 g/mol. The van der Waals surface area contributed by atoms with E-state index in [9.17, 15) is 0 Å². The monoisotopic (exact) mass is 433 g/mol. The molecule has 0 spiro atoms. The van der Waals surface area contributed by atoms with Crippen molar-refractivity contribution in [2.45, 2.75) is 37.9 Å². The van der Waals surface area contributed by atoms with Crippen LogP contribution in [0.3, 0.4) is 0 Å². The van der Waals surface area contributed by atoms with Crippen molar-refractivity contribution in [2.75, 3.05) is 11.5 Å². The quantitative estimate of drug-likeness (QED) is 0.308. The Hall–Kier alpha value is -1.36. The Morgan fingerprint density at radius 3 is 2.21 bits per heavy atom. The third-order valence-corrected chi connectivity index (χ3v) is 7.40. The predicted molar refractivity (Wildman–Crippen MR) is 128 cm³/mol. The molecule has 0 N–H and O–H groups in total. The zero-order valence-electron chi connectivity index (χ0n) is 16.5. The van der Waals surface area contributed by atoms with Gasteiger partial charge in [0.1, 0.15) is 12.4 Å². The molecule has 150 valence electrons. The molecule has 2 aromatic carbocycles. The van der Waals surface area contributed by atoms with Crippen LogP contribution in [0.4, 0.5) is 0 Å². The van der Waals surface area contributed by atoms with E-state index in [1.165, 1.54) is 29.9 Å². The minimum Gasteiger partial charge on any atom is -0.487 e. The minimum absolute atomic E-state index is 0. The Labute approximate surface area is 183 Å². The molecule has 0 aliphatic rings. The smallest absolute Gasteiger partial charge is 0.130 e. The van der Waals surface area contributed by atoms with Gasteiger partial charge >= 0.3 is 0 Å². The zero-order valence-corrected chi connectivity index (χ0v) is 18.9. The van der Waals surface area contributed by atoms with E-state index in [2.05, 4.69) is 55.2 Å². The largest absolute Gasteiger partial charge is 0.487 e. The number of hydrogen-bond acceptors (Lipinski definition) is 4. The summed E-state index contributed by atoms with van der Waals surface area (Å²) in [5.41, 5.74) is 3.34. The summed E-state index contributed by atoms with van der Waals surface area (Å²) >= 11 is 4.09. The highest BCUT2D eigenvalue weighted by atomic mass is 35.5. The summed E-state index contributed by atoms with van der Waals surface area (Å²) in [6.07, 6.45) is 2.43. The van der Waals surface area contributed by atoms with E-state index in [4.69, 9.17) is 4.74 Å². The number of thioether (sulfide) groups is 2. The maximum absolute atomic E-state index is 5.96. The van der Waals surface area contributed by atoms with E-state index in [1.807, 2.05) is 47.8 Å². The molecule has 0 fully saturated rings. The van der Waals surface area contributed by atoms with Gasteiger partial charge in [-0.05, 0) is 54.2 Å². The van der Waals surface area contributed by atoms with Crippen molar-refractivity contribution in [1.82, 2.24) is 4.98 Å². The highest BCUT2D eigenvalue weighted by Crippen LogP contribution is 2.40. The van der Waals surface area contributed by atoms with Gasteiger partial charge < -0.3 is 4.74 Å². The molecule has 0 aliphatic carbocycles. The summed E-state index contributed by atoms with van der Waals surface area (Å²) in [6.45, 7) is 4.97. The highest BCUT2D eigenvalue weighted by Gasteiger charge is 2.12. The van der Waals surface area contributed by atoms with Crippen LogP contribution in [0.25, 0.3) is 10.9 Å². The molecule has 0 unspecified atom stereocenters. The fourth-order valence-corrected chi connectivity index (χ4v) is 5.32. The van der Waals surface area contributed by atoms with Crippen LogP contribution in [0.2, 0.25) is 0 Å². The molecule has 1 aromatic heterocycles. The lowest BCUT2D eigenvalue weighted by Crippen LogP contribution is -1.99. The number of benzene rings is 2. The van der Waals surface area contributed by atoms with Crippen molar-refractivity contribution in [3.8, 4) is 5.75 Å². The summed E-state index contributed by atoms with van der Waals surface area (Å²) in [5, 5.41) is 1.16. The molecule has 28 heavy (non-hydrogen) atoms. The van der Waals surface area contributed by atoms with E-state index in [0.29, 0.717) is 11.2 Å². The van der Waals surface area contributed by atoms with E-state index in [-0.39, 0.29) is 12.4 Å². The number of para-hydroxylation sites is 1. The topological polar surface area (TPSA) is 22.1 Å². The Balaban J connectivity index is 0.00000280. The summed E-state index contributed by atoms with van der Waals surface area (Å²) in [6, 6.07) is 20.9. The number of nitrogens with zero attached hydrogens (tertiary/aromatic N) is 1. The van der Waals surface area contributed by atoms with Gasteiger partial charge in [-0.1, -0.05) is 50.2 Å². The second-order valence-corrected chi connectivity index (χ2v) is 9.15. The van der Waals surface area contributed by atoms with Crippen LogP contribution in [0.15, 0.2) is 60.7 Å². The number of hydrogen-bond donors (Lipinski definition) is 0. The molecule has 0 bridgehead atoms. The molecule has 3 rings (SSSR count). The van der Waals surface area contributed by atoms with Crippen LogP contribution in [0, 0.1) is 0 Å². The second-order valence-electron chi connectivity index (χ2n) is 6.43. The SMILES string of the molecule is CCCSC(SCCC)c1ccc(OCc2ccc3ccccc3n2)cc1.Cl. The number of fused-ring (bicyclic) bond motifs is 1. The summed E-state index contributed by atoms with van der Waals surface area (Å²) in [4.78, 5) is 4.67. The highest BCUT2D eigenvalue weighted by molar-refractivity contribution is 8.16. The summed E-state index contributed by atoms with van der Waals surface area (Å²) in [7, 11) is 0. The van der Waals surface area contributed by atoms with E-state index >= 15 is 0 Å². The van der Waals surface area contributed by atoms with Crippen LogP contribution >= 0.6 is 35.9 Å². The Bertz CT molecular complexity index is 833. The maximum atomic E-state index is 5.96. The summed E-state index contributed by atoms with van der Waals surface area (Å²) < 4.78 is 6.48. The zero-order chi connectivity index (χ0) is 18.9. The number of aromatic nitrogens is 1. The van der Waals surface area contributed by atoms with Crippen molar-refractivity contribution in [3.05, 3.63) is 71.9 Å². The van der Waals surface area contributed by atoms with Crippen molar-refractivity contribution in [3.63, 3.8) is 0 Å². The van der Waals surface area contributed by atoms with Gasteiger partial charge in [-0.2, -0.15) is 0 Å². The van der Waals surface area contributed by atoms with Gasteiger partial charge in [0.25, 0.3) is 0 Å². The van der Waals surface area contributed by atoms with Crippen LogP contribution in [-0.4, -0.2) is 16.5 Å². The summed E-state index contributed by atoms with van der Waals surface area (Å²) in [5.74, 6) is 3.30. The number of rotatable bonds is 10.